The van der Waals surface area contributed by atoms with Crippen LogP contribution in [-0.2, 0) is 6.54 Å². The fourth-order valence-corrected chi connectivity index (χ4v) is 1.59. The first-order valence-corrected chi connectivity index (χ1v) is 5.42. The number of aromatic nitrogens is 2. The van der Waals surface area contributed by atoms with Gasteiger partial charge in [-0.1, -0.05) is 6.07 Å². The van der Waals surface area contributed by atoms with Crippen molar-refractivity contribution in [2.45, 2.75) is 13.5 Å². The minimum absolute atomic E-state index is 0.00781. The van der Waals surface area contributed by atoms with Gasteiger partial charge in [-0.05, 0) is 25.1 Å². The standard InChI is InChI=1S/C12H12N4O2/c1-9-5-7-14-12(11(9)16(17)18)15-8-10-4-2-3-6-13-10/h2-7H,8H2,1H3,(H,14,15). The minimum atomic E-state index is -0.427. The van der Waals surface area contributed by atoms with Crippen LogP contribution in [0.15, 0.2) is 36.7 Å². The lowest BCUT2D eigenvalue weighted by Crippen LogP contribution is -2.06. The summed E-state index contributed by atoms with van der Waals surface area (Å²) < 4.78 is 0. The zero-order valence-corrected chi connectivity index (χ0v) is 9.83. The summed E-state index contributed by atoms with van der Waals surface area (Å²) in [5, 5.41) is 13.9. The van der Waals surface area contributed by atoms with E-state index in [4.69, 9.17) is 0 Å². The molecule has 18 heavy (non-hydrogen) atoms. The molecular weight excluding hydrogens is 232 g/mol. The number of nitrogens with one attached hydrogen (secondary N) is 1. The van der Waals surface area contributed by atoms with Crippen molar-refractivity contribution in [3.8, 4) is 0 Å². The number of anilines is 1. The second kappa shape index (κ2) is 5.22. The largest absolute Gasteiger partial charge is 0.359 e. The molecule has 0 saturated heterocycles. The van der Waals surface area contributed by atoms with Crippen molar-refractivity contribution < 1.29 is 4.92 Å². The lowest BCUT2D eigenvalue weighted by atomic mass is 10.2. The zero-order chi connectivity index (χ0) is 13.0. The minimum Gasteiger partial charge on any atom is -0.359 e. The van der Waals surface area contributed by atoms with Crippen LogP contribution >= 0.6 is 0 Å². The molecule has 0 amide bonds. The Morgan fingerprint density at radius 3 is 2.78 bits per heavy atom. The Hall–Kier alpha value is -2.50. The molecule has 6 nitrogen and oxygen atoms in total. The SMILES string of the molecule is Cc1ccnc(NCc2ccccn2)c1[N+](=O)[O-]. The first kappa shape index (κ1) is 12.0. The van der Waals surface area contributed by atoms with Gasteiger partial charge in [0, 0.05) is 18.0 Å². The van der Waals surface area contributed by atoms with E-state index in [1.54, 1.807) is 25.4 Å². The molecule has 0 radical (unpaired) electrons. The van der Waals surface area contributed by atoms with E-state index in [1.165, 1.54) is 0 Å². The predicted molar refractivity (Wildman–Crippen MR) is 67.2 cm³/mol. The van der Waals surface area contributed by atoms with E-state index in [0.717, 1.165) is 5.69 Å². The molecule has 2 aromatic rings. The molecule has 2 rings (SSSR count). The average molecular weight is 244 g/mol. The Labute approximate surface area is 104 Å². The van der Waals surface area contributed by atoms with Gasteiger partial charge in [-0.25, -0.2) is 4.98 Å². The summed E-state index contributed by atoms with van der Waals surface area (Å²) in [5.41, 5.74) is 1.39. The van der Waals surface area contributed by atoms with Crippen LogP contribution in [0.1, 0.15) is 11.3 Å². The third kappa shape index (κ3) is 2.60. The number of pyridine rings is 2. The second-order valence-corrected chi connectivity index (χ2v) is 3.76. The summed E-state index contributed by atoms with van der Waals surface area (Å²) in [7, 11) is 0. The van der Waals surface area contributed by atoms with Crippen molar-refractivity contribution in [2.24, 2.45) is 0 Å². The Morgan fingerprint density at radius 2 is 2.11 bits per heavy atom. The van der Waals surface area contributed by atoms with E-state index in [0.29, 0.717) is 12.1 Å². The molecule has 0 bridgehead atoms. The first-order valence-electron chi connectivity index (χ1n) is 5.42. The number of aryl methyl sites for hydroxylation is 1. The van der Waals surface area contributed by atoms with E-state index < -0.39 is 4.92 Å². The van der Waals surface area contributed by atoms with Crippen LogP contribution in [0.25, 0.3) is 0 Å². The molecule has 0 aromatic carbocycles. The molecule has 0 aliphatic rings. The van der Waals surface area contributed by atoms with Gasteiger partial charge >= 0.3 is 5.69 Å². The van der Waals surface area contributed by atoms with Crippen molar-refractivity contribution in [2.75, 3.05) is 5.32 Å². The molecule has 2 aromatic heterocycles. The number of nitro groups is 1. The van der Waals surface area contributed by atoms with Gasteiger partial charge in [-0.15, -0.1) is 0 Å². The second-order valence-electron chi connectivity index (χ2n) is 3.76. The number of hydrogen-bond donors (Lipinski definition) is 1. The fourth-order valence-electron chi connectivity index (χ4n) is 1.59. The van der Waals surface area contributed by atoms with Crippen LogP contribution in [0.5, 0.6) is 0 Å². The topological polar surface area (TPSA) is 81.0 Å². The molecule has 0 aliphatic carbocycles. The van der Waals surface area contributed by atoms with E-state index >= 15 is 0 Å². The number of nitrogens with zero attached hydrogens (tertiary/aromatic N) is 3. The fraction of sp³-hybridized carbons (Fsp3) is 0.167. The van der Waals surface area contributed by atoms with Gasteiger partial charge in [-0.3, -0.25) is 15.1 Å². The molecule has 92 valence electrons. The Bertz CT molecular complexity index is 557. The molecule has 0 spiro atoms. The van der Waals surface area contributed by atoms with Crippen LogP contribution in [0.2, 0.25) is 0 Å². The molecule has 0 aliphatic heterocycles. The van der Waals surface area contributed by atoms with E-state index in [1.807, 2.05) is 18.2 Å². The molecule has 6 heteroatoms. The highest BCUT2D eigenvalue weighted by atomic mass is 16.6. The van der Waals surface area contributed by atoms with Gasteiger partial charge in [0.05, 0.1) is 17.2 Å². The summed E-state index contributed by atoms with van der Waals surface area (Å²) in [6.45, 7) is 2.09. The average Bonchev–Trinajstić information content (AvgIpc) is 2.37. The molecule has 0 atom stereocenters. The maximum absolute atomic E-state index is 11.0. The summed E-state index contributed by atoms with van der Waals surface area (Å²) in [6, 6.07) is 7.14. The van der Waals surface area contributed by atoms with Crippen molar-refractivity contribution >= 4 is 11.5 Å². The summed E-state index contributed by atoms with van der Waals surface area (Å²) in [4.78, 5) is 18.7. The smallest absolute Gasteiger partial charge is 0.314 e. The van der Waals surface area contributed by atoms with Gasteiger partial charge in [0.15, 0.2) is 0 Å². The van der Waals surface area contributed by atoms with E-state index in [2.05, 4.69) is 15.3 Å². The maximum atomic E-state index is 11.0. The van der Waals surface area contributed by atoms with Crippen LogP contribution < -0.4 is 5.32 Å². The Kier molecular flexibility index (Phi) is 3.47. The number of rotatable bonds is 4. The predicted octanol–water partition coefficient (Wildman–Crippen LogP) is 2.31. The van der Waals surface area contributed by atoms with Crippen LogP contribution in [-0.4, -0.2) is 14.9 Å². The lowest BCUT2D eigenvalue weighted by Gasteiger charge is -2.06. The highest BCUT2D eigenvalue weighted by Crippen LogP contribution is 2.25. The van der Waals surface area contributed by atoms with E-state index in [-0.39, 0.29) is 11.5 Å². The van der Waals surface area contributed by atoms with Crippen LogP contribution in [0.3, 0.4) is 0 Å². The van der Waals surface area contributed by atoms with Crippen molar-refractivity contribution in [1.82, 2.24) is 9.97 Å². The third-order valence-electron chi connectivity index (χ3n) is 2.47. The monoisotopic (exact) mass is 244 g/mol. The maximum Gasteiger partial charge on any atom is 0.314 e. The lowest BCUT2D eigenvalue weighted by molar-refractivity contribution is -0.384. The normalized spacial score (nSPS) is 10.1. The third-order valence-corrected chi connectivity index (χ3v) is 2.47. The molecule has 2 heterocycles. The van der Waals surface area contributed by atoms with Crippen LogP contribution in [0.4, 0.5) is 11.5 Å². The first-order chi connectivity index (χ1) is 8.68. The van der Waals surface area contributed by atoms with Crippen LogP contribution in [0, 0.1) is 17.0 Å². The molecular formula is C12H12N4O2. The van der Waals surface area contributed by atoms with Gasteiger partial charge in [0.2, 0.25) is 5.82 Å². The van der Waals surface area contributed by atoms with Gasteiger partial charge in [0.25, 0.3) is 0 Å². The van der Waals surface area contributed by atoms with Gasteiger partial charge in [0.1, 0.15) is 0 Å². The van der Waals surface area contributed by atoms with E-state index in [9.17, 15) is 10.1 Å². The quantitative estimate of drug-likeness (QED) is 0.659. The number of hydrogen-bond acceptors (Lipinski definition) is 5. The van der Waals surface area contributed by atoms with Crippen molar-refractivity contribution in [3.05, 3.63) is 58.0 Å². The summed E-state index contributed by atoms with van der Waals surface area (Å²) in [5.74, 6) is 0.269. The van der Waals surface area contributed by atoms with Gasteiger partial charge in [-0.2, -0.15) is 0 Å². The molecule has 0 saturated carbocycles. The Balaban J connectivity index is 2.20. The van der Waals surface area contributed by atoms with Gasteiger partial charge < -0.3 is 5.32 Å². The Morgan fingerprint density at radius 1 is 1.28 bits per heavy atom. The molecule has 1 N–H and O–H groups in total. The highest BCUT2D eigenvalue weighted by Gasteiger charge is 2.17. The summed E-state index contributed by atoms with van der Waals surface area (Å²) >= 11 is 0. The molecule has 0 unspecified atom stereocenters. The zero-order valence-electron chi connectivity index (χ0n) is 9.83. The van der Waals surface area contributed by atoms with Crippen molar-refractivity contribution in [1.29, 1.82) is 0 Å². The highest BCUT2D eigenvalue weighted by molar-refractivity contribution is 5.59. The molecule has 0 fully saturated rings. The summed E-state index contributed by atoms with van der Waals surface area (Å²) in [6.07, 6.45) is 3.22. The van der Waals surface area contributed by atoms with Crippen molar-refractivity contribution in [3.63, 3.8) is 0 Å².